The summed E-state index contributed by atoms with van der Waals surface area (Å²) in [5.41, 5.74) is 5.05. The molecule has 1 unspecified atom stereocenters. The number of ether oxygens (including phenoxy) is 7. The van der Waals surface area contributed by atoms with Crippen LogP contribution in [0.5, 0.6) is 11.5 Å². The number of carbonyl (C=O) groups excluding carboxylic acids is 3. The maximum Gasteiger partial charge on any atom is 0.341 e. The van der Waals surface area contributed by atoms with E-state index in [0.29, 0.717) is 41.8 Å². The molecule has 0 N–H and O–H groups in total. The number of hydrogen-bond donors (Lipinski definition) is 0. The van der Waals surface area contributed by atoms with E-state index in [4.69, 9.17) is 33.2 Å². The van der Waals surface area contributed by atoms with Crippen molar-refractivity contribution in [3.63, 3.8) is 0 Å². The summed E-state index contributed by atoms with van der Waals surface area (Å²) in [5.74, 6) is 5.76. The Morgan fingerprint density at radius 2 is 1.03 bits per heavy atom. The van der Waals surface area contributed by atoms with Gasteiger partial charge in [-0.3, -0.25) is 0 Å². The highest BCUT2D eigenvalue weighted by molar-refractivity contribution is 5.92. The Balaban J connectivity index is 1.01. The van der Waals surface area contributed by atoms with Gasteiger partial charge in [0.1, 0.15) is 30.8 Å². The van der Waals surface area contributed by atoms with Crippen LogP contribution in [0.15, 0.2) is 176 Å². The molecule has 0 spiro atoms. The number of benzene rings is 6. The SMILES string of the molecule is C[C@@H]1OC(OC(=O)c2ccccc2C#CC2CC2)[C@H](OC(=O)/C=C/c2ccc(OCc3ccccc3)cc2)[C@H](OCc2ccccc2)[C@H]1OC(=O)/C=C/c1ccc(OCc2ccccc2)cc1. The van der Waals surface area contributed by atoms with Crippen LogP contribution in [0, 0.1) is 17.8 Å². The minimum absolute atomic E-state index is 0.0453. The monoisotopic (exact) mass is 894 g/mol. The molecule has 0 bridgehead atoms. The molecule has 1 aliphatic heterocycles. The Morgan fingerprint density at radius 3 is 1.55 bits per heavy atom. The molecule has 2 aliphatic rings. The first-order valence-corrected chi connectivity index (χ1v) is 22.3. The maximum atomic E-state index is 14.0. The van der Waals surface area contributed by atoms with E-state index in [1.54, 1.807) is 43.3 Å². The number of hydrogen-bond acceptors (Lipinski definition) is 10. The van der Waals surface area contributed by atoms with Crippen LogP contribution in [0.25, 0.3) is 12.2 Å². The molecule has 1 aliphatic carbocycles. The van der Waals surface area contributed by atoms with Gasteiger partial charge in [0.15, 0.2) is 12.2 Å². The maximum absolute atomic E-state index is 14.0. The quantitative estimate of drug-likeness (QED) is 0.0379. The zero-order chi connectivity index (χ0) is 46.2. The number of carbonyl (C=O) groups is 3. The second-order valence-corrected chi connectivity index (χ2v) is 16.1. The molecule has 67 heavy (non-hydrogen) atoms. The third-order valence-electron chi connectivity index (χ3n) is 11.0. The molecule has 8 rings (SSSR count). The lowest BCUT2D eigenvalue weighted by Gasteiger charge is -2.43. The van der Waals surface area contributed by atoms with Crippen LogP contribution in [-0.2, 0) is 53.1 Å². The van der Waals surface area contributed by atoms with Gasteiger partial charge in [0.05, 0.1) is 18.3 Å². The first kappa shape index (κ1) is 45.8. The second-order valence-electron chi connectivity index (χ2n) is 16.1. The molecule has 5 atom stereocenters. The summed E-state index contributed by atoms with van der Waals surface area (Å²) >= 11 is 0. The van der Waals surface area contributed by atoms with E-state index in [1.165, 1.54) is 12.2 Å². The molecule has 6 aromatic carbocycles. The smallest absolute Gasteiger partial charge is 0.341 e. The first-order valence-electron chi connectivity index (χ1n) is 22.3. The van der Waals surface area contributed by atoms with Crippen molar-refractivity contribution in [2.24, 2.45) is 5.92 Å². The van der Waals surface area contributed by atoms with Gasteiger partial charge < -0.3 is 33.2 Å². The summed E-state index contributed by atoms with van der Waals surface area (Å²) in [7, 11) is 0. The van der Waals surface area contributed by atoms with E-state index in [2.05, 4.69) is 11.8 Å². The highest BCUT2D eigenvalue weighted by atomic mass is 16.7. The molecule has 1 saturated carbocycles. The molecule has 0 radical (unpaired) electrons. The second kappa shape index (κ2) is 23.0. The Morgan fingerprint density at radius 1 is 0.552 bits per heavy atom. The summed E-state index contributed by atoms with van der Waals surface area (Å²) < 4.78 is 42.9. The Bertz CT molecular complexity index is 2680. The topological polar surface area (TPSA) is 116 Å². The van der Waals surface area contributed by atoms with Gasteiger partial charge in [-0.25, -0.2) is 14.4 Å². The highest BCUT2D eigenvalue weighted by Gasteiger charge is 2.51. The zero-order valence-electron chi connectivity index (χ0n) is 37.0. The van der Waals surface area contributed by atoms with Gasteiger partial charge in [-0.1, -0.05) is 139 Å². The van der Waals surface area contributed by atoms with Crippen molar-refractivity contribution in [2.45, 2.75) is 70.3 Å². The van der Waals surface area contributed by atoms with Crippen molar-refractivity contribution in [3.8, 4) is 23.3 Å². The van der Waals surface area contributed by atoms with Gasteiger partial charge >= 0.3 is 17.9 Å². The van der Waals surface area contributed by atoms with E-state index in [9.17, 15) is 14.4 Å². The molecule has 338 valence electrons. The third kappa shape index (κ3) is 13.7. The molecule has 1 heterocycles. The van der Waals surface area contributed by atoms with Crippen molar-refractivity contribution in [2.75, 3.05) is 0 Å². The van der Waals surface area contributed by atoms with Gasteiger partial charge in [-0.05, 0) is 96.1 Å². The Labute approximate surface area is 390 Å². The van der Waals surface area contributed by atoms with Crippen LogP contribution >= 0.6 is 0 Å². The van der Waals surface area contributed by atoms with Crippen LogP contribution in [0.4, 0.5) is 0 Å². The fourth-order valence-corrected chi connectivity index (χ4v) is 7.17. The van der Waals surface area contributed by atoms with Crippen molar-refractivity contribution in [3.05, 3.63) is 215 Å². The van der Waals surface area contributed by atoms with Crippen LogP contribution < -0.4 is 9.47 Å². The third-order valence-corrected chi connectivity index (χ3v) is 11.0. The predicted molar refractivity (Wildman–Crippen MR) is 253 cm³/mol. The fraction of sp³-hybridized carbons (Fsp3) is 0.211. The fourth-order valence-electron chi connectivity index (χ4n) is 7.17. The Hall–Kier alpha value is -7.71. The molecule has 1 saturated heterocycles. The molecule has 6 aromatic rings. The van der Waals surface area contributed by atoms with E-state index in [1.807, 2.05) is 140 Å². The van der Waals surface area contributed by atoms with Crippen molar-refractivity contribution in [1.29, 1.82) is 0 Å². The average Bonchev–Trinajstić information content (AvgIpc) is 4.21. The van der Waals surface area contributed by atoms with Crippen LogP contribution in [0.3, 0.4) is 0 Å². The molecule has 10 heteroatoms. The van der Waals surface area contributed by atoms with Crippen LogP contribution in [0.1, 0.15) is 63.5 Å². The van der Waals surface area contributed by atoms with Gasteiger partial charge in [0.25, 0.3) is 0 Å². The summed E-state index contributed by atoms with van der Waals surface area (Å²) in [6.45, 7) is 2.56. The molecular formula is C57H50O10. The summed E-state index contributed by atoms with van der Waals surface area (Å²) in [5, 5.41) is 0. The largest absolute Gasteiger partial charge is 0.489 e. The molecule has 2 fully saturated rings. The van der Waals surface area contributed by atoms with Gasteiger partial charge in [0, 0.05) is 23.6 Å². The van der Waals surface area contributed by atoms with Crippen molar-refractivity contribution in [1.82, 2.24) is 0 Å². The molecular weight excluding hydrogens is 845 g/mol. The summed E-state index contributed by atoms with van der Waals surface area (Å²) in [6.07, 6.45) is 1.77. The summed E-state index contributed by atoms with van der Waals surface area (Å²) in [4.78, 5) is 41.5. The van der Waals surface area contributed by atoms with Crippen LogP contribution in [0.2, 0.25) is 0 Å². The number of esters is 3. The van der Waals surface area contributed by atoms with Gasteiger partial charge in [-0.2, -0.15) is 0 Å². The van der Waals surface area contributed by atoms with E-state index in [0.717, 1.165) is 35.1 Å². The lowest BCUT2D eigenvalue weighted by atomic mass is 9.98. The zero-order valence-corrected chi connectivity index (χ0v) is 37.0. The van der Waals surface area contributed by atoms with E-state index < -0.39 is 48.6 Å². The lowest BCUT2D eigenvalue weighted by molar-refractivity contribution is -0.292. The normalized spacial score (nSPS) is 18.9. The summed E-state index contributed by atoms with van der Waals surface area (Å²) in [6, 6.07) is 50.5. The minimum atomic E-state index is -1.47. The molecule has 0 aromatic heterocycles. The van der Waals surface area contributed by atoms with E-state index in [-0.39, 0.29) is 12.2 Å². The van der Waals surface area contributed by atoms with E-state index >= 15 is 0 Å². The van der Waals surface area contributed by atoms with Gasteiger partial charge in [0.2, 0.25) is 6.29 Å². The van der Waals surface area contributed by atoms with Crippen molar-refractivity contribution >= 4 is 30.1 Å². The van der Waals surface area contributed by atoms with Gasteiger partial charge in [-0.15, -0.1) is 0 Å². The number of rotatable bonds is 17. The standard InChI is InChI=1S/C57H50O10/c1-40-53(65-51(58)35-28-42-24-31-48(32-25-42)61-37-44-13-5-2-6-14-44)54(63-39-46-17-9-4-10-18-46)55(57(64-40)67-56(60)50-20-12-11-19-47(50)30-23-41-21-22-41)66-52(59)36-29-43-26-33-49(34-27-43)62-38-45-15-7-3-8-16-45/h2-20,24-29,31-36,40-41,53-55,57H,21-22,37-39H2,1H3/b35-28+,36-29+/t40-,53-,54+,55+,57?/m0/s1. The molecule has 0 amide bonds. The lowest BCUT2D eigenvalue weighted by Crippen LogP contribution is -2.61. The first-order chi connectivity index (χ1) is 32.8. The predicted octanol–water partition coefficient (Wildman–Crippen LogP) is 10.3. The Kier molecular flexibility index (Phi) is 15.7. The molecule has 10 nitrogen and oxygen atoms in total. The minimum Gasteiger partial charge on any atom is -0.489 e. The van der Waals surface area contributed by atoms with Crippen LogP contribution in [-0.4, -0.2) is 48.6 Å². The van der Waals surface area contributed by atoms with Crippen molar-refractivity contribution < 1.29 is 47.5 Å². The average molecular weight is 895 g/mol. The highest BCUT2D eigenvalue weighted by Crippen LogP contribution is 2.32.